The SMILES string of the molecule is COc1ccc(C)cc1CN1C(=O)N[C@@](C)(c2ccccc2)C1=O. The van der Waals surface area contributed by atoms with Gasteiger partial charge in [0.2, 0.25) is 0 Å². The van der Waals surface area contributed by atoms with E-state index in [0.29, 0.717) is 5.75 Å². The molecule has 2 aromatic carbocycles. The Balaban J connectivity index is 1.92. The van der Waals surface area contributed by atoms with Gasteiger partial charge in [0, 0.05) is 5.56 Å². The smallest absolute Gasteiger partial charge is 0.325 e. The number of ether oxygens (including phenoxy) is 1. The number of carbonyl (C=O) groups excluding carboxylic acids is 2. The van der Waals surface area contributed by atoms with E-state index in [9.17, 15) is 9.59 Å². The summed E-state index contributed by atoms with van der Waals surface area (Å²) in [5.74, 6) is 0.400. The van der Waals surface area contributed by atoms with Crippen molar-refractivity contribution in [2.24, 2.45) is 0 Å². The maximum absolute atomic E-state index is 12.9. The molecule has 3 rings (SSSR count). The maximum atomic E-state index is 12.9. The fourth-order valence-corrected chi connectivity index (χ4v) is 3.01. The number of hydrogen-bond acceptors (Lipinski definition) is 3. The van der Waals surface area contributed by atoms with Crippen LogP contribution in [0.3, 0.4) is 0 Å². The van der Waals surface area contributed by atoms with Gasteiger partial charge in [-0.15, -0.1) is 0 Å². The fraction of sp³-hybridized carbons (Fsp3) is 0.263. The lowest BCUT2D eigenvalue weighted by Crippen LogP contribution is -2.40. The van der Waals surface area contributed by atoms with Crippen LogP contribution in [0.1, 0.15) is 23.6 Å². The second-order valence-corrected chi connectivity index (χ2v) is 6.13. The summed E-state index contributed by atoms with van der Waals surface area (Å²) in [5, 5.41) is 2.82. The van der Waals surface area contributed by atoms with Gasteiger partial charge in [-0.2, -0.15) is 0 Å². The molecule has 0 spiro atoms. The van der Waals surface area contributed by atoms with E-state index in [2.05, 4.69) is 5.32 Å². The van der Waals surface area contributed by atoms with E-state index in [1.807, 2.05) is 55.5 Å². The van der Waals surface area contributed by atoms with Crippen LogP contribution in [0.2, 0.25) is 0 Å². The summed E-state index contributed by atoms with van der Waals surface area (Å²) in [6.07, 6.45) is 0. The van der Waals surface area contributed by atoms with Crippen LogP contribution in [0, 0.1) is 6.92 Å². The Kier molecular flexibility index (Phi) is 4.01. The molecule has 1 saturated heterocycles. The Hall–Kier alpha value is -2.82. The number of amides is 3. The zero-order valence-corrected chi connectivity index (χ0v) is 14.0. The number of aryl methyl sites for hydroxylation is 1. The predicted molar refractivity (Wildman–Crippen MR) is 90.6 cm³/mol. The van der Waals surface area contributed by atoms with E-state index in [1.165, 1.54) is 4.90 Å². The number of nitrogens with zero attached hydrogens (tertiary/aromatic N) is 1. The first-order valence-corrected chi connectivity index (χ1v) is 7.79. The van der Waals surface area contributed by atoms with Gasteiger partial charge in [-0.3, -0.25) is 9.69 Å². The van der Waals surface area contributed by atoms with Crippen LogP contribution in [0.5, 0.6) is 5.75 Å². The number of nitrogens with one attached hydrogen (secondary N) is 1. The van der Waals surface area contributed by atoms with Crippen molar-refractivity contribution in [2.75, 3.05) is 7.11 Å². The minimum atomic E-state index is -1.05. The van der Waals surface area contributed by atoms with Crippen molar-refractivity contribution in [1.82, 2.24) is 10.2 Å². The van der Waals surface area contributed by atoms with Gasteiger partial charge < -0.3 is 10.1 Å². The second kappa shape index (κ2) is 6.00. The normalized spacial score (nSPS) is 20.2. The van der Waals surface area contributed by atoms with Crippen LogP contribution < -0.4 is 10.1 Å². The number of carbonyl (C=O) groups is 2. The van der Waals surface area contributed by atoms with Crippen LogP contribution in [0.25, 0.3) is 0 Å². The molecule has 1 aliphatic rings. The first-order chi connectivity index (χ1) is 11.5. The number of benzene rings is 2. The molecule has 1 N–H and O–H groups in total. The molecule has 0 aromatic heterocycles. The number of rotatable bonds is 4. The first kappa shape index (κ1) is 16.1. The average molecular weight is 324 g/mol. The molecule has 0 saturated carbocycles. The van der Waals surface area contributed by atoms with Crippen molar-refractivity contribution >= 4 is 11.9 Å². The lowest BCUT2D eigenvalue weighted by Gasteiger charge is -2.22. The minimum absolute atomic E-state index is 0.179. The number of hydrogen-bond donors (Lipinski definition) is 1. The summed E-state index contributed by atoms with van der Waals surface area (Å²) in [4.78, 5) is 26.6. The van der Waals surface area contributed by atoms with Gasteiger partial charge in [0.1, 0.15) is 11.3 Å². The van der Waals surface area contributed by atoms with Crippen LogP contribution in [0.15, 0.2) is 48.5 Å². The monoisotopic (exact) mass is 324 g/mol. The molecule has 1 atom stereocenters. The molecule has 0 bridgehead atoms. The van der Waals surface area contributed by atoms with Crippen LogP contribution in [0.4, 0.5) is 4.79 Å². The molecule has 1 heterocycles. The summed E-state index contributed by atoms with van der Waals surface area (Å²) in [5.41, 5.74) is 1.57. The highest BCUT2D eigenvalue weighted by molar-refractivity contribution is 6.07. The molecule has 124 valence electrons. The topological polar surface area (TPSA) is 58.6 Å². The molecule has 0 radical (unpaired) electrons. The van der Waals surface area contributed by atoms with Crippen molar-refractivity contribution in [1.29, 1.82) is 0 Å². The molecule has 0 unspecified atom stereocenters. The summed E-state index contributed by atoms with van der Waals surface area (Å²) >= 11 is 0. The standard InChI is InChI=1S/C19H20N2O3/c1-13-9-10-16(24-3)14(11-13)12-21-17(22)19(2,20-18(21)23)15-7-5-4-6-8-15/h4-11H,12H2,1-3H3,(H,20,23)/t19-/m0/s1. The second-order valence-electron chi connectivity index (χ2n) is 6.13. The van der Waals surface area contributed by atoms with Crippen molar-refractivity contribution in [3.63, 3.8) is 0 Å². The molecule has 5 heteroatoms. The Morgan fingerprint density at radius 1 is 1.12 bits per heavy atom. The number of methoxy groups -OCH3 is 1. The number of urea groups is 1. The van der Waals surface area contributed by atoms with E-state index < -0.39 is 11.6 Å². The zero-order chi connectivity index (χ0) is 17.3. The van der Waals surface area contributed by atoms with E-state index in [1.54, 1.807) is 14.0 Å². The largest absolute Gasteiger partial charge is 0.496 e. The molecule has 2 aromatic rings. The molecule has 1 aliphatic heterocycles. The quantitative estimate of drug-likeness (QED) is 0.880. The Morgan fingerprint density at radius 2 is 1.83 bits per heavy atom. The summed E-state index contributed by atoms with van der Waals surface area (Å²) in [6.45, 7) is 3.87. The van der Waals surface area contributed by atoms with Crippen LogP contribution in [-0.2, 0) is 16.9 Å². The fourth-order valence-electron chi connectivity index (χ4n) is 3.01. The summed E-state index contributed by atoms with van der Waals surface area (Å²) in [7, 11) is 1.58. The first-order valence-electron chi connectivity index (χ1n) is 7.79. The van der Waals surface area contributed by atoms with E-state index in [0.717, 1.165) is 16.7 Å². The maximum Gasteiger partial charge on any atom is 0.325 e. The van der Waals surface area contributed by atoms with Crippen molar-refractivity contribution < 1.29 is 14.3 Å². The number of imide groups is 1. The molecular formula is C19H20N2O3. The summed E-state index contributed by atoms with van der Waals surface area (Å²) in [6, 6.07) is 14.6. The van der Waals surface area contributed by atoms with Gasteiger partial charge in [-0.25, -0.2) is 4.79 Å². The van der Waals surface area contributed by atoms with Gasteiger partial charge >= 0.3 is 6.03 Å². The Bertz CT molecular complexity index is 788. The van der Waals surface area contributed by atoms with E-state index in [4.69, 9.17) is 4.74 Å². The highest BCUT2D eigenvalue weighted by Gasteiger charge is 2.48. The van der Waals surface area contributed by atoms with Crippen molar-refractivity contribution in [3.8, 4) is 5.75 Å². The van der Waals surface area contributed by atoms with Crippen molar-refractivity contribution in [3.05, 3.63) is 65.2 Å². The molecule has 5 nitrogen and oxygen atoms in total. The molecule has 1 fully saturated rings. The van der Waals surface area contributed by atoms with Gasteiger partial charge in [-0.1, -0.05) is 48.0 Å². The molecule has 3 amide bonds. The van der Waals surface area contributed by atoms with Gasteiger partial charge in [0.15, 0.2) is 0 Å². The predicted octanol–water partition coefficient (Wildman–Crippen LogP) is 2.97. The third-order valence-corrected chi connectivity index (χ3v) is 4.39. The highest BCUT2D eigenvalue weighted by atomic mass is 16.5. The van der Waals surface area contributed by atoms with E-state index >= 15 is 0 Å². The van der Waals surface area contributed by atoms with Gasteiger partial charge in [0.05, 0.1) is 13.7 Å². The third-order valence-electron chi connectivity index (χ3n) is 4.39. The van der Waals surface area contributed by atoms with Gasteiger partial charge in [-0.05, 0) is 25.5 Å². The summed E-state index contributed by atoms with van der Waals surface area (Å²) < 4.78 is 5.35. The highest BCUT2D eigenvalue weighted by Crippen LogP contribution is 2.31. The average Bonchev–Trinajstić information content (AvgIpc) is 2.80. The van der Waals surface area contributed by atoms with Crippen molar-refractivity contribution in [2.45, 2.75) is 25.9 Å². The minimum Gasteiger partial charge on any atom is -0.496 e. The lowest BCUT2D eigenvalue weighted by molar-refractivity contribution is -0.131. The third kappa shape index (κ3) is 2.62. The van der Waals surface area contributed by atoms with E-state index in [-0.39, 0.29) is 12.5 Å². The van der Waals surface area contributed by atoms with Gasteiger partial charge in [0.25, 0.3) is 5.91 Å². The van der Waals surface area contributed by atoms with Crippen LogP contribution >= 0.6 is 0 Å². The Labute approximate surface area is 141 Å². The molecular weight excluding hydrogens is 304 g/mol. The van der Waals surface area contributed by atoms with Crippen LogP contribution in [-0.4, -0.2) is 23.9 Å². The molecule has 24 heavy (non-hydrogen) atoms. The molecule has 0 aliphatic carbocycles. The zero-order valence-electron chi connectivity index (χ0n) is 14.0. The Morgan fingerprint density at radius 3 is 2.50 bits per heavy atom. The lowest BCUT2D eigenvalue weighted by atomic mass is 9.92.